The fourth-order valence-corrected chi connectivity index (χ4v) is 2.71. The van der Waals surface area contributed by atoms with Gasteiger partial charge in [-0.1, -0.05) is 24.6 Å². The lowest BCUT2D eigenvalue weighted by molar-refractivity contribution is -0.125. The third kappa shape index (κ3) is 3.46. The van der Waals surface area contributed by atoms with Crippen LogP contribution in [-0.2, 0) is 17.6 Å². The molecule has 0 spiro atoms. The molecule has 0 N–H and O–H groups in total. The van der Waals surface area contributed by atoms with Crippen LogP contribution in [0.5, 0.6) is 11.5 Å². The van der Waals surface area contributed by atoms with Crippen molar-refractivity contribution in [2.24, 2.45) is 0 Å². The molecule has 1 aromatic carbocycles. The molecule has 0 aromatic heterocycles. The Balaban J connectivity index is 2.11. The topological polar surface area (TPSA) is 35.5 Å². The highest BCUT2D eigenvalue weighted by molar-refractivity contribution is 5.85. The van der Waals surface area contributed by atoms with Gasteiger partial charge in [0, 0.05) is 18.4 Å². The van der Waals surface area contributed by atoms with Gasteiger partial charge in [-0.05, 0) is 38.3 Å². The molecule has 1 aliphatic heterocycles. The molecule has 1 heterocycles. The summed E-state index contributed by atoms with van der Waals surface area (Å²) in [6.45, 7) is 6.21. The van der Waals surface area contributed by atoms with Gasteiger partial charge >= 0.3 is 0 Å². The summed E-state index contributed by atoms with van der Waals surface area (Å²) < 4.78 is 11.2. The number of benzene rings is 1. The second kappa shape index (κ2) is 6.79. The Hall–Kier alpha value is -1.77. The molecule has 0 saturated heterocycles. The molecule has 0 aliphatic carbocycles. The standard InChI is InChI=1S/C18H24O3/c1-5-13-9-10-16(20-4)18-14(13)11-17(21-18)15(19)8-6-7-12(2)3/h7,9-10,17H,5-6,8,11H2,1-4H3/t17-/m1/s1. The van der Waals surface area contributed by atoms with Gasteiger partial charge in [-0.2, -0.15) is 0 Å². The lowest BCUT2D eigenvalue weighted by atomic mass is 9.98. The quantitative estimate of drug-likeness (QED) is 0.745. The highest BCUT2D eigenvalue weighted by Crippen LogP contribution is 2.40. The second-order valence-corrected chi connectivity index (χ2v) is 5.69. The molecule has 0 saturated carbocycles. The van der Waals surface area contributed by atoms with Gasteiger partial charge in [0.1, 0.15) is 0 Å². The molecule has 0 amide bonds. The molecule has 1 atom stereocenters. The van der Waals surface area contributed by atoms with Gasteiger partial charge < -0.3 is 9.47 Å². The van der Waals surface area contributed by atoms with E-state index in [2.05, 4.69) is 19.1 Å². The Kier molecular flexibility index (Phi) is 5.05. The zero-order chi connectivity index (χ0) is 15.4. The Morgan fingerprint density at radius 2 is 2.19 bits per heavy atom. The first-order valence-electron chi connectivity index (χ1n) is 7.58. The minimum Gasteiger partial charge on any atom is -0.493 e. The van der Waals surface area contributed by atoms with E-state index in [4.69, 9.17) is 9.47 Å². The van der Waals surface area contributed by atoms with Crippen LogP contribution in [0.1, 0.15) is 44.7 Å². The summed E-state index contributed by atoms with van der Waals surface area (Å²) in [6, 6.07) is 3.99. The van der Waals surface area contributed by atoms with Crippen LogP contribution in [0.3, 0.4) is 0 Å². The molecule has 3 nitrogen and oxygen atoms in total. The number of allylic oxidation sites excluding steroid dienone is 2. The van der Waals surface area contributed by atoms with Crippen LogP contribution < -0.4 is 9.47 Å². The molecular weight excluding hydrogens is 264 g/mol. The predicted octanol–water partition coefficient (Wildman–Crippen LogP) is 3.88. The van der Waals surface area contributed by atoms with E-state index in [1.165, 1.54) is 11.1 Å². The molecule has 0 unspecified atom stereocenters. The number of aryl methyl sites for hydroxylation is 1. The van der Waals surface area contributed by atoms with Crippen LogP contribution in [0.15, 0.2) is 23.8 Å². The third-order valence-corrected chi connectivity index (χ3v) is 3.87. The van der Waals surface area contributed by atoms with Crippen LogP contribution in [-0.4, -0.2) is 19.0 Å². The van der Waals surface area contributed by atoms with Gasteiger partial charge in [0.15, 0.2) is 23.4 Å². The van der Waals surface area contributed by atoms with Crippen molar-refractivity contribution >= 4 is 5.78 Å². The van der Waals surface area contributed by atoms with Crippen LogP contribution in [0.4, 0.5) is 0 Å². The Bertz CT molecular complexity index is 521. The molecule has 3 heteroatoms. The van der Waals surface area contributed by atoms with Gasteiger partial charge in [-0.3, -0.25) is 4.79 Å². The number of methoxy groups -OCH3 is 1. The summed E-state index contributed by atoms with van der Waals surface area (Å²) in [5.74, 6) is 1.66. The lowest BCUT2D eigenvalue weighted by Gasteiger charge is -2.11. The molecular formula is C18H24O3. The first-order valence-corrected chi connectivity index (χ1v) is 7.58. The van der Waals surface area contributed by atoms with E-state index in [0.717, 1.165) is 29.9 Å². The Morgan fingerprint density at radius 1 is 1.43 bits per heavy atom. The number of rotatable bonds is 6. The predicted molar refractivity (Wildman–Crippen MR) is 84.2 cm³/mol. The monoisotopic (exact) mass is 288 g/mol. The first kappa shape index (κ1) is 15.6. The maximum Gasteiger partial charge on any atom is 0.173 e. The molecule has 21 heavy (non-hydrogen) atoms. The second-order valence-electron chi connectivity index (χ2n) is 5.69. The first-order chi connectivity index (χ1) is 10.1. The molecule has 1 aliphatic rings. The van der Waals surface area contributed by atoms with Crippen LogP contribution >= 0.6 is 0 Å². The number of ether oxygens (including phenoxy) is 2. The van der Waals surface area contributed by atoms with Crippen molar-refractivity contribution in [2.45, 2.75) is 52.6 Å². The number of carbonyl (C=O) groups is 1. The largest absolute Gasteiger partial charge is 0.493 e. The molecule has 0 fully saturated rings. The minimum atomic E-state index is -0.354. The SMILES string of the molecule is CCc1ccc(OC)c2c1C[C@H](C(=O)CCC=C(C)C)O2. The van der Waals surface area contributed by atoms with Crippen molar-refractivity contribution in [1.82, 2.24) is 0 Å². The van der Waals surface area contributed by atoms with E-state index in [1.807, 2.05) is 19.9 Å². The van der Waals surface area contributed by atoms with Gasteiger partial charge in [0.25, 0.3) is 0 Å². The van der Waals surface area contributed by atoms with E-state index in [-0.39, 0.29) is 11.9 Å². The van der Waals surface area contributed by atoms with E-state index < -0.39 is 0 Å². The van der Waals surface area contributed by atoms with E-state index >= 15 is 0 Å². The number of ketones is 1. The number of hydrogen-bond acceptors (Lipinski definition) is 3. The maximum absolute atomic E-state index is 12.3. The number of hydrogen-bond donors (Lipinski definition) is 0. The summed E-state index contributed by atoms with van der Waals surface area (Å²) in [5.41, 5.74) is 3.62. The van der Waals surface area contributed by atoms with E-state index in [9.17, 15) is 4.79 Å². The number of Topliss-reactive ketones (excluding diaryl/α,β-unsaturated/α-hetero) is 1. The van der Waals surface area contributed by atoms with E-state index in [0.29, 0.717) is 12.8 Å². The average molecular weight is 288 g/mol. The summed E-state index contributed by atoms with van der Waals surface area (Å²) in [6.07, 6.45) is 4.67. The van der Waals surface area contributed by atoms with Gasteiger partial charge in [0.05, 0.1) is 7.11 Å². The van der Waals surface area contributed by atoms with Crippen molar-refractivity contribution < 1.29 is 14.3 Å². The van der Waals surface area contributed by atoms with Crippen LogP contribution in [0.2, 0.25) is 0 Å². The third-order valence-electron chi connectivity index (χ3n) is 3.87. The average Bonchev–Trinajstić information content (AvgIpc) is 2.90. The fraction of sp³-hybridized carbons (Fsp3) is 0.500. The van der Waals surface area contributed by atoms with Gasteiger partial charge in [-0.15, -0.1) is 0 Å². The molecule has 114 valence electrons. The molecule has 1 aromatic rings. The summed E-state index contributed by atoms with van der Waals surface area (Å²) in [5, 5.41) is 0. The highest BCUT2D eigenvalue weighted by Gasteiger charge is 2.32. The minimum absolute atomic E-state index is 0.174. The highest BCUT2D eigenvalue weighted by atomic mass is 16.5. The number of carbonyl (C=O) groups excluding carboxylic acids is 1. The van der Waals surface area contributed by atoms with Crippen LogP contribution in [0, 0.1) is 0 Å². The Morgan fingerprint density at radius 3 is 2.81 bits per heavy atom. The van der Waals surface area contributed by atoms with Crippen LogP contribution in [0.25, 0.3) is 0 Å². The normalized spacial score (nSPS) is 16.1. The van der Waals surface area contributed by atoms with Gasteiger partial charge in [-0.25, -0.2) is 0 Å². The molecule has 0 radical (unpaired) electrons. The van der Waals surface area contributed by atoms with E-state index in [1.54, 1.807) is 7.11 Å². The van der Waals surface area contributed by atoms with Crippen molar-refractivity contribution in [1.29, 1.82) is 0 Å². The number of fused-ring (bicyclic) bond motifs is 1. The van der Waals surface area contributed by atoms with Gasteiger partial charge in [0.2, 0.25) is 0 Å². The summed E-state index contributed by atoms with van der Waals surface area (Å²) in [4.78, 5) is 12.3. The van der Waals surface area contributed by atoms with Crippen molar-refractivity contribution in [3.8, 4) is 11.5 Å². The smallest absolute Gasteiger partial charge is 0.173 e. The fourth-order valence-electron chi connectivity index (χ4n) is 2.71. The zero-order valence-electron chi connectivity index (χ0n) is 13.4. The lowest BCUT2D eigenvalue weighted by Crippen LogP contribution is -2.25. The zero-order valence-corrected chi connectivity index (χ0v) is 13.4. The van der Waals surface area contributed by atoms with Crippen molar-refractivity contribution in [2.75, 3.05) is 7.11 Å². The molecule has 0 bridgehead atoms. The maximum atomic E-state index is 12.3. The summed E-state index contributed by atoms with van der Waals surface area (Å²) >= 11 is 0. The molecule has 2 rings (SSSR count). The van der Waals surface area contributed by atoms with Crippen molar-refractivity contribution in [3.63, 3.8) is 0 Å². The van der Waals surface area contributed by atoms with Crippen molar-refractivity contribution in [3.05, 3.63) is 34.9 Å². The Labute approximate surface area is 127 Å². The summed E-state index contributed by atoms with van der Waals surface area (Å²) in [7, 11) is 1.63.